The topological polar surface area (TPSA) is 76.1 Å². The molecule has 2 heterocycles. The lowest BCUT2D eigenvalue weighted by Gasteiger charge is -2.30. The molecule has 1 aliphatic carbocycles. The highest BCUT2D eigenvalue weighted by Gasteiger charge is 2.24. The number of pyridine rings is 2. The molecule has 1 amide bonds. The van der Waals surface area contributed by atoms with Gasteiger partial charge in [-0.05, 0) is 74.6 Å². The molecule has 35 heavy (non-hydrogen) atoms. The fraction of sp³-hybridized carbons (Fsp3) is 0.250. The van der Waals surface area contributed by atoms with E-state index in [1.807, 2.05) is 48.5 Å². The molecule has 1 aliphatic rings. The van der Waals surface area contributed by atoms with Crippen LogP contribution in [0.3, 0.4) is 0 Å². The van der Waals surface area contributed by atoms with Crippen LogP contribution in [-0.2, 0) is 0 Å². The number of amides is 1. The Labute approximate surface area is 211 Å². The molecule has 180 valence electrons. The van der Waals surface area contributed by atoms with Crippen LogP contribution in [0, 0.1) is 6.92 Å². The van der Waals surface area contributed by atoms with Gasteiger partial charge in [-0.3, -0.25) is 4.79 Å². The van der Waals surface area contributed by atoms with Gasteiger partial charge in [-0.2, -0.15) is 0 Å². The first-order valence-electron chi connectivity index (χ1n) is 11.8. The number of fused-ring (bicyclic) bond motifs is 1. The van der Waals surface area contributed by atoms with Crippen LogP contribution in [-0.4, -0.2) is 28.0 Å². The van der Waals surface area contributed by atoms with E-state index >= 15 is 0 Å². The zero-order valence-corrected chi connectivity index (χ0v) is 20.4. The molecule has 0 atom stereocenters. The SMILES string of the molecule is Cc1cc(NC2CCC(NC(=O)c3cccnc3Oc3ccccc3)CC2)nc2ccccc12.Cl. The van der Waals surface area contributed by atoms with Gasteiger partial charge in [0.05, 0.1) is 5.52 Å². The lowest BCUT2D eigenvalue weighted by Crippen LogP contribution is -2.40. The van der Waals surface area contributed by atoms with Crippen LogP contribution < -0.4 is 15.4 Å². The lowest BCUT2D eigenvalue weighted by atomic mass is 9.91. The molecule has 0 radical (unpaired) electrons. The van der Waals surface area contributed by atoms with Crippen molar-refractivity contribution in [3.63, 3.8) is 0 Å². The van der Waals surface area contributed by atoms with Crippen LogP contribution >= 0.6 is 12.4 Å². The summed E-state index contributed by atoms with van der Waals surface area (Å²) in [7, 11) is 0. The molecule has 0 aliphatic heterocycles. The van der Waals surface area contributed by atoms with Crippen molar-refractivity contribution in [3.05, 3.63) is 90.1 Å². The maximum absolute atomic E-state index is 13.0. The number of carbonyl (C=O) groups excluding carboxylic acids is 1. The molecule has 2 aromatic heterocycles. The van der Waals surface area contributed by atoms with Crippen molar-refractivity contribution in [1.29, 1.82) is 0 Å². The Morgan fingerprint density at radius 3 is 2.43 bits per heavy atom. The normalized spacial score (nSPS) is 17.3. The number of aryl methyl sites for hydroxylation is 1. The average Bonchev–Trinajstić information content (AvgIpc) is 2.86. The molecule has 4 aromatic rings. The summed E-state index contributed by atoms with van der Waals surface area (Å²) in [6.45, 7) is 2.12. The van der Waals surface area contributed by atoms with Crippen LogP contribution in [0.5, 0.6) is 11.6 Å². The molecule has 5 rings (SSSR count). The minimum atomic E-state index is -0.151. The first kappa shape index (κ1) is 24.5. The highest BCUT2D eigenvalue weighted by Crippen LogP contribution is 2.26. The van der Waals surface area contributed by atoms with E-state index in [2.05, 4.69) is 34.7 Å². The lowest BCUT2D eigenvalue weighted by molar-refractivity contribution is 0.0923. The molecule has 7 heteroatoms. The monoisotopic (exact) mass is 488 g/mol. The Kier molecular flexibility index (Phi) is 7.83. The summed E-state index contributed by atoms with van der Waals surface area (Å²) in [5.74, 6) is 1.74. The van der Waals surface area contributed by atoms with E-state index in [0.717, 1.165) is 37.0 Å². The molecule has 0 unspecified atom stereocenters. The van der Waals surface area contributed by atoms with Crippen molar-refractivity contribution in [2.24, 2.45) is 0 Å². The van der Waals surface area contributed by atoms with Gasteiger partial charge in [0.1, 0.15) is 17.1 Å². The van der Waals surface area contributed by atoms with Gasteiger partial charge in [0.15, 0.2) is 0 Å². The number of rotatable bonds is 6. The van der Waals surface area contributed by atoms with E-state index in [-0.39, 0.29) is 24.4 Å². The summed E-state index contributed by atoms with van der Waals surface area (Å²) in [6, 6.07) is 23.7. The summed E-state index contributed by atoms with van der Waals surface area (Å²) >= 11 is 0. The van der Waals surface area contributed by atoms with Crippen molar-refractivity contribution >= 4 is 35.0 Å². The summed E-state index contributed by atoms with van der Waals surface area (Å²) < 4.78 is 5.85. The molecule has 0 spiro atoms. The number of anilines is 1. The molecule has 0 saturated heterocycles. The molecular formula is C28H29ClN4O2. The van der Waals surface area contributed by atoms with Crippen LogP contribution in [0.25, 0.3) is 10.9 Å². The predicted octanol–water partition coefficient (Wildman–Crippen LogP) is 6.31. The Hall–Kier alpha value is -3.64. The minimum Gasteiger partial charge on any atom is -0.438 e. The molecular weight excluding hydrogens is 460 g/mol. The zero-order chi connectivity index (χ0) is 23.3. The summed E-state index contributed by atoms with van der Waals surface area (Å²) in [6.07, 6.45) is 5.39. The van der Waals surface area contributed by atoms with E-state index in [9.17, 15) is 4.79 Å². The van der Waals surface area contributed by atoms with Crippen LogP contribution in [0.4, 0.5) is 5.82 Å². The Morgan fingerprint density at radius 1 is 0.914 bits per heavy atom. The highest BCUT2D eigenvalue weighted by molar-refractivity contribution is 5.96. The molecule has 2 aromatic carbocycles. The molecule has 0 bridgehead atoms. The second-order valence-corrected chi connectivity index (χ2v) is 8.78. The number of ether oxygens (including phenoxy) is 1. The second kappa shape index (κ2) is 11.2. The first-order valence-corrected chi connectivity index (χ1v) is 11.8. The predicted molar refractivity (Wildman–Crippen MR) is 142 cm³/mol. The van der Waals surface area contributed by atoms with Gasteiger partial charge in [0.2, 0.25) is 5.88 Å². The Morgan fingerprint density at radius 2 is 1.63 bits per heavy atom. The van der Waals surface area contributed by atoms with Gasteiger partial charge in [-0.1, -0.05) is 36.4 Å². The van der Waals surface area contributed by atoms with Crippen LogP contribution in [0.15, 0.2) is 79.0 Å². The summed E-state index contributed by atoms with van der Waals surface area (Å²) in [5, 5.41) is 7.96. The van der Waals surface area contributed by atoms with Crippen molar-refractivity contribution < 1.29 is 9.53 Å². The average molecular weight is 489 g/mol. The van der Waals surface area contributed by atoms with E-state index in [0.29, 0.717) is 23.2 Å². The maximum atomic E-state index is 13.0. The van der Waals surface area contributed by atoms with Crippen LogP contribution in [0.1, 0.15) is 41.6 Å². The van der Waals surface area contributed by atoms with Crippen molar-refractivity contribution in [1.82, 2.24) is 15.3 Å². The quantitative estimate of drug-likeness (QED) is 0.333. The number of nitrogens with one attached hydrogen (secondary N) is 2. The van der Waals surface area contributed by atoms with E-state index in [1.54, 1.807) is 18.3 Å². The minimum absolute atomic E-state index is 0. The molecule has 1 saturated carbocycles. The van der Waals surface area contributed by atoms with Crippen molar-refractivity contribution in [3.8, 4) is 11.6 Å². The number of halogens is 1. The number of para-hydroxylation sites is 2. The fourth-order valence-corrected chi connectivity index (χ4v) is 4.52. The molecule has 6 nitrogen and oxygen atoms in total. The first-order chi connectivity index (χ1) is 16.7. The van der Waals surface area contributed by atoms with Gasteiger partial charge < -0.3 is 15.4 Å². The third-order valence-electron chi connectivity index (χ3n) is 6.31. The van der Waals surface area contributed by atoms with E-state index in [1.165, 1.54) is 10.9 Å². The number of carbonyl (C=O) groups is 1. The number of aromatic nitrogens is 2. The number of benzene rings is 2. The Bertz CT molecular complexity index is 1290. The second-order valence-electron chi connectivity index (χ2n) is 8.78. The van der Waals surface area contributed by atoms with Crippen LogP contribution in [0.2, 0.25) is 0 Å². The highest BCUT2D eigenvalue weighted by atomic mass is 35.5. The summed E-state index contributed by atoms with van der Waals surface area (Å²) in [5.41, 5.74) is 2.68. The van der Waals surface area contributed by atoms with E-state index < -0.39 is 0 Å². The number of nitrogens with zero attached hydrogens (tertiary/aromatic N) is 2. The van der Waals surface area contributed by atoms with Gasteiger partial charge in [0, 0.05) is 23.7 Å². The van der Waals surface area contributed by atoms with Gasteiger partial charge >= 0.3 is 0 Å². The molecule has 2 N–H and O–H groups in total. The number of hydrogen-bond acceptors (Lipinski definition) is 5. The van der Waals surface area contributed by atoms with Gasteiger partial charge in [-0.25, -0.2) is 9.97 Å². The van der Waals surface area contributed by atoms with Gasteiger partial charge in [-0.15, -0.1) is 12.4 Å². The smallest absolute Gasteiger partial charge is 0.257 e. The number of hydrogen-bond donors (Lipinski definition) is 2. The maximum Gasteiger partial charge on any atom is 0.257 e. The summed E-state index contributed by atoms with van der Waals surface area (Å²) in [4.78, 5) is 22.1. The third-order valence-corrected chi connectivity index (χ3v) is 6.31. The largest absolute Gasteiger partial charge is 0.438 e. The van der Waals surface area contributed by atoms with Crippen molar-refractivity contribution in [2.45, 2.75) is 44.7 Å². The zero-order valence-electron chi connectivity index (χ0n) is 19.6. The fourth-order valence-electron chi connectivity index (χ4n) is 4.52. The van der Waals surface area contributed by atoms with Gasteiger partial charge in [0.25, 0.3) is 5.91 Å². The third kappa shape index (κ3) is 5.89. The van der Waals surface area contributed by atoms with Crippen molar-refractivity contribution in [2.75, 3.05) is 5.32 Å². The van der Waals surface area contributed by atoms with E-state index in [4.69, 9.17) is 9.72 Å². The molecule has 1 fully saturated rings. The Balaban J connectivity index is 0.00000289. The standard InChI is InChI=1S/C28H28N4O2.ClH/c1-19-18-26(32-25-12-6-5-10-23(19)25)30-20-13-15-21(16-14-20)31-27(33)24-11-7-17-29-28(24)34-22-8-3-2-4-9-22;/h2-12,17-18,20-21H,13-16H2,1H3,(H,30,32)(H,31,33);1H.